The van der Waals surface area contributed by atoms with Crippen molar-refractivity contribution in [3.63, 3.8) is 0 Å². The second kappa shape index (κ2) is 11.0. The first-order valence-electron chi connectivity index (χ1n) is 10.6. The van der Waals surface area contributed by atoms with Crippen molar-refractivity contribution in [1.29, 1.82) is 0 Å². The maximum Gasteiger partial charge on any atom is 0.230 e. The lowest BCUT2D eigenvalue weighted by atomic mass is 10.0. The summed E-state index contributed by atoms with van der Waals surface area (Å²) in [7, 11) is 0. The molecule has 0 saturated carbocycles. The average Bonchev–Trinajstić information content (AvgIpc) is 3.22. The SMILES string of the molecule is CC(C)Oc1ccc(CCNC(=O)CSc2nncn2-c2ccc(C(C)C)cc2)cc1. The molecule has 1 N–H and O–H groups in total. The Morgan fingerprint density at radius 2 is 1.77 bits per heavy atom. The molecule has 31 heavy (non-hydrogen) atoms. The van der Waals surface area contributed by atoms with Gasteiger partial charge in [0, 0.05) is 12.2 Å². The van der Waals surface area contributed by atoms with E-state index in [0.717, 1.165) is 23.4 Å². The number of amides is 1. The molecule has 0 radical (unpaired) electrons. The molecule has 164 valence electrons. The predicted molar refractivity (Wildman–Crippen MR) is 125 cm³/mol. The molecule has 0 aliphatic heterocycles. The van der Waals surface area contributed by atoms with E-state index < -0.39 is 0 Å². The van der Waals surface area contributed by atoms with Gasteiger partial charge in [-0.3, -0.25) is 9.36 Å². The number of aromatic nitrogens is 3. The molecule has 3 rings (SSSR count). The van der Waals surface area contributed by atoms with E-state index in [9.17, 15) is 4.79 Å². The molecule has 0 aliphatic carbocycles. The molecule has 0 fully saturated rings. The van der Waals surface area contributed by atoms with Crippen LogP contribution in [0.15, 0.2) is 60.0 Å². The van der Waals surface area contributed by atoms with Gasteiger partial charge in [0.25, 0.3) is 0 Å². The van der Waals surface area contributed by atoms with Crippen LogP contribution in [-0.4, -0.2) is 39.1 Å². The summed E-state index contributed by atoms with van der Waals surface area (Å²) < 4.78 is 7.56. The highest BCUT2D eigenvalue weighted by Crippen LogP contribution is 2.21. The minimum Gasteiger partial charge on any atom is -0.491 e. The highest BCUT2D eigenvalue weighted by molar-refractivity contribution is 7.99. The van der Waals surface area contributed by atoms with Gasteiger partial charge in [-0.15, -0.1) is 10.2 Å². The molecule has 0 aliphatic rings. The van der Waals surface area contributed by atoms with Crippen molar-refractivity contribution in [2.75, 3.05) is 12.3 Å². The van der Waals surface area contributed by atoms with Gasteiger partial charge in [0.15, 0.2) is 5.16 Å². The molecule has 2 aromatic carbocycles. The quantitative estimate of drug-likeness (QED) is 0.468. The van der Waals surface area contributed by atoms with Gasteiger partial charge >= 0.3 is 0 Å². The molecule has 1 heterocycles. The summed E-state index contributed by atoms with van der Waals surface area (Å²) in [5.74, 6) is 1.62. The standard InChI is InChI=1S/C24H30N4O2S/c1-17(2)20-7-9-21(10-8-20)28-16-26-27-24(28)31-15-23(29)25-14-13-19-5-11-22(12-6-19)30-18(3)4/h5-12,16-18H,13-15H2,1-4H3,(H,25,29). The van der Waals surface area contributed by atoms with Crippen molar-refractivity contribution < 1.29 is 9.53 Å². The summed E-state index contributed by atoms with van der Waals surface area (Å²) in [6, 6.07) is 16.3. The number of nitrogens with zero attached hydrogens (tertiary/aromatic N) is 3. The summed E-state index contributed by atoms with van der Waals surface area (Å²) in [6.45, 7) is 8.94. The molecule has 0 atom stereocenters. The van der Waals surface area contributed by atoms with Crippen LogP contribution in [0.2, 0.25) is 0 Å². The van der Waals surface area contributed by atoms with Crippen LogP contribution in [0.5, 0.6) is 5.75 Å². The first kappa shape index (κ1) is 22.9. The van der Waals surface area contributed by atoms with Crippen molar-refractivity contribution in [3.05, 3.63) is 66.0 Å². The molecule has 0 saturated heterocycles. The second-order valence-corrected chi connectivity index (χ2v) is 8.87. The van der Waals surface area contributed by atoms with E-state index in [0.29, 0.717) is 23.4 Å². The topological polar surface area (TPSA) is 69.0 Å². The maximum atomic E-state index is 12.3. The number of hydrogen-bond acceptors (Lipinski definition) is 5. The highest BCUT2D eigenvalue weighted by atomic mass is 32.2. The maximum absolute atomic E-state index is 12.3. The zero-order valence-electron chi connectivity index (χ0n) is 18.5. The fourth-order valence-corrected chi connectivity index (χ4v) is 3.81. The summed E-state index contributed by atoms with van der Waals surface area (Å²) in [5, 5.41) is 11.8. The fraction of sp³-hybridized carbons (Fsp3) is 0.375. The van der Waals surface area contributed by atoms with Gasteiger partial charge in [-0.2, -0.15) is 0 Å². The van der Waals surface area contributed by atoms with Gasteiger partial charge in [0.2, 0.25) is 5.91 Å². The molecule has 6 nitrogen and oxygen atoms in total. The van der Waals surface area contributed by atoms with Crippen LogP contribution in [0.4, 0.5) is 0 Å². The number of thioether (sulfide) groups is 1. The third-order valence-electron chi connectivity index (χ3n) is 4.72. The molecule has 3 aromatic rings. The van der Waals surface area contributed by atoms with E-state index in [1.54, 1.807) is 6.33 Å². The molecule has 0 spiro atoms. The largest absolute Gasteiger partial charge is 0.491 e. The molecule has 1 amide bonds. The first-order chi connectivity index (χ1) is 14.9. The second-order valence-electron chi connectivity index (χ2n) is 7.93. The first-order valence-corrected chi connectivity index (χ1v) is 11.6. The van der Waals surface area contributed by atoms with E-state index in [2.05, 4.69) is 53.6 Å². The van der Waals surface area contributed by atoms with Crippen molar-refractivity contribution in [1.82, 2.24) is 20.1 Å². The summed E-state index contributed by atoms with van der Waals surface area (Å²) in [5.41, 5.74) is 3.43. The van der Waals surface area contributed by atoms with E-state index in [-0.39, 0.29) is 12.0 Å². The summed E-state index contributed by atoms with van der Waals surface area (Å²) >= 11 is 1.38. The van der Waals surface area contributed by atoms with E-state index in [1.807, 2.05) is 42.7 Å². The van der Waals surface area contributed by atoms with E-state index >= 15 is 0 Å². The molecule has 0 unspecified atom stereocenters. The smallest absolute Gasteiger partial charge is 0.230 e. The lowest BCUT2D eigenvalue weighted by molar-refractivity contribution is -0.118. The number of carbonyl (C=O) groups excluding carboxylic acids is 1. The Hall–Kier alpha value is -2.80. The number of benzene rings is 2. The number of ether oxygens (including phenoxy) is 1. The van der Waals surface area contributed by atoms with Crippen LogP contribution in [0.25, 0.3) is 5.69 Å². The lowest BCUT2D eigenvalue weighted by Crippen LogP contribution is -2.27. The Morgan fingerprint density at radius 1 is 1.06 bits per heavy atom. The van der Waals surface area contributed by atoms with E-state index in [1.165, 1.54) is 17.3 Å². The van der Waals surface area contributed by atoms with Gasteiger partial charge in [-0.25, -0.2) is 0 Å². The van der Waals surface area contributed by atoms with Crippen LogP contribution in [0.3, 0.4) is 0 Å². The Balaban J connectivity index is 1.46. The summed E-state index contributed by atoms with van der Waals surface area (Å²) in [6.07, 6.45) is 2.61. The fourth-order valence-electron chi connectivity index (χ4n) is 3.05. The Labute approximate surface area is 188 Å². The Kier molecular flexibility index (Phi) is 8.12. The number of carbonyl (C=O) groups is 1. The van der Waals surface area contributed by atoms with Gasteiger partial charge in [-0.05, 0) is 61.6 Å². The third kappa shape index (κ3) is 6.85. The van der Waals surface area contributed by atoms with Crippen LogP contribution in [0, 0.1) is 0 Å². The van der Waals surface area contributed by atoms with Gasteiger partial charge < -0.3 is 10.1 Å². The molecular formula is C24H30N4O2S. The monoisotopic (exact) mass is 438 g/mol. The lowest BCUT2D eigenvalue weighted by Gasteiger charge is -2.10. The Bertz CT molecular complexity index is 966. The van der Waals surface area contributed by atoms with Crippen LogP contribution in [0.1, 0.15) is 44.7 Å². The predicted octanol–water partition coefficient (Wildman–Crippen LogP) is 4.63. The normalized spacial score (nSPS) is 11.2. The molecule has 0 bridgehead atoms. The van der Waals surface area contributed by atoms with Crippen molar-refractivity contribution in [2.24, 2.45) is 0 Å². The molecular weight excluding hydrogens is 408 g/mol. The number of rotatable bonds is 10. The zero-order chi connectivity index (χ0) is 22.2. The Morgan fingerprint density at radius 3 is 2.42 bits per heavy atom. The minimum atomic E-state index is -0.0190. The number of hydrogen-bond donors (Lipinski definition) is 1. The average molecular weight is 439 g/mol. The van der Waals surface area contributed by atoms with Gasteiger partial charge in [-0.1, -0.05) is 49.9 Å². The van der Waals surface area contributed by atoms with Gasteiger partial charge in [0.1, 0.15) is 12.1 Å². The van der Waals surface area contributed by atoms with Gasteiger partial charge in [0.05, 0.1) is 11.9 Å². The molecule has 7 heteroatoms. The summed E-state index contributed by atoms with van der Waals surface area (Å²) in [4.78, 5) is 12.3. The highest BCUT2D eigenvalue weighted by Gasteiger charge is 2.10. The minimum absolute atomic E-state index is 0.0190. The van der Waals surface area contributed by atoms with E-state index in [4.69, 9.17) is 4.74 Å². The van der Waals surface area contributed by atoms with Crippen LogP contribution >= 0.6 is 11.8 Å². The van der Waals surface area contributed by atoms with Crippen LogP contribution in [-0.2, 0) is 11.2 Å². The molecule has 1 aromatic heterocycles. The van der Waals surface area contributed by atoms with Crippen molar-refractivity contribution in [2.45, 2.75) is 51.3 Å². The van der Waals surface area contributed by atoms with Crippen molar-refractivity contribution in [3.8, 4) is 11.4 Å². The number of nitrogens with one attached hydrogen (secondary N) is 1. The van der Waals surface area contributed by atoms with Crippen molar-refractivity contribution >= 4 is 17.7 Å². The third-order valence-corrected chi connectivity index (χ3v) is 5.66. The zero-order valence-corrected chi connectivity index (χ0v) is 19.4. The van der Waals surface area contributed by atoms with Crippen LogP contribution < -0.4 is 10.1 Å².